The normalized spacial score (nSPS) is 11.5. The van der Waals surface area contributed by atoms with Gasteiger partial charge in [-0.25, -0.2) is 13.1 Å². The Balaban J connectivity index is 2.08. The lowest BCUT2D eigenvalue weighted by Crippen LogP contribution is -2.23. The second-order valence-electron chi connectivity index (χ2n) is 4.25. The zero-order valence-corrected chi connectivity index (χ0v) is 12.2. The standard InChI is InChI=1S/C13H17N3O3S/c1-3-19-12-4-6-13(7-5-12)20(17,18)15-9-11-8-14-16-10(11)2/h4-8,15H,3,9H2,1-2H3,(H,14,16). The Bertz CT molecular complexity index is 662. The van der Waals surface area contributed by atoms with Crippen LogP contribution in [0.3, 0.4) is 0 Å². The average molecular weight is 295 g/mol. The molecule has 6 nitrogen and oxygen atoms in total. The van der Waals surface area contributed by atoms with Crippen LogP contribution in [-0.4, -0.2) is 25.2 Å². The van der Waals surface area contributed by atoms with E-state index in [4.69, 9.17) is 4.74 Å². The summed E-state index contributed by atoms with van der Waals surface area (Å²) >= 11 is 0. The Hall–Kier alpha value is -1.86. The zero-order valence-electron chi connectivity index (χ0n) is 11.4. The van der Waals surface area contributed by atoms with Crippen LogP contribution in [0, 0.1) is 6.92 Å². The van der Waals surface area contributed by atoms with E-state index in [-0.39, 0.29) is 11.4 Å². The van der Waals surface area contributed by atoms with E-state index in [9.17, 15) is 8.42 Å². The maximum absolute atomic E-state index is 12.1. The average Bonchev–Trinajstić information content (AvgIpc) is 2.83. The molecule has 0 amide bonds. The molecule has 0 fully saturated rings. The molecule has 0 aliphatic heterocycles. The number of rotatable bonds is 6. The van der Waals surface area contributed by atoms with Gasteiger partial charge in [0.05, 0.1) is 17.7 Å². The number of hydrogen-bond donors (Lipinski definition) is 2. The molecule has 2 aromatic rings. The number of nitrogens with zero attached hydrogens (tertiary/aromatic N) is 1. The van der Waals surface area contributed by atoms with Gasteiger partial charge in [-0.3, -0.25) is 5.10 Å². The molecule has 1 heterocycles. The molecule has 108 valence electrons. The second-order valence-corrected chi connectivity index (χ2v) is 6.02. The highest BCUT2D eigenvalue weighted by Gasteiger charge is 2.14. The fourth-order valence-electron chi connectivity index (χ4n) is 1.69. The summed E-state index contributed by atoms with van der Waals surface area (Å²) in [5, 5.41) is 6.62. The van der Waals surface area contributed by atoms with Crippen molar-refractivity contribution in [2.24, 2.45) is 0 Å². The van der Waals surface area contributed by atoms with E-state index >= 15 is 0 Å². The maximum atomic E-state index is 12.1. The van der Waals surface area contributed by atoms with Crippen LogP contribution in [0.25, 0.3) is 0 Å². The zero-order chi connectivity index (χ0) is 14.6. The minimum Gasteiger partial charge on any atom is -0.494 e. The van der Waals surface area contributed by atoms with E-state index in [2.05, 4.69) is 14.9 Å². The van der Waals surface area contributed by atoms with Crippen LogP contribution in [0.1, 0.15) is 18.2 Å². The Kier molecular flexibility index (Phi) is 4.41. The first-order valence-corrected chi connectivity index (χ1v) is 7.72. The van der Waals surface area contributed by atoms with Gasteiger partial charge in [-0.15, -0.1) is 0 Å². The lowest BCUT2D eigenvalue weighted by atomic mass is 10.3. The van der Waals surface area contributed by atoms with Crippen LogP contribution in [0.5, 0.6) is 5.75 Å². The SMILES string of the molecule is CCOc1ccc(S(=O)(=O)NCc2cn[nH]c2C)cc1. The molecule has 0 saturated heterocycles. The van der Waals surface area contributed by atoms with Gasteiger partial charge in [0.1, 0.15) is 5.75 Å². The molecule has 0 radical (unpaired) electrons. The first-order valence-electron chi connectivity index (χ1n) is 6.24. The highest BCUT2D eigenvalue weighted by Crippen LogP contribution is 2.16. The third-order valence-corrected chi connectivity index (χ3v) is 4.25. The van der Waals surface area contributed by atoms with Crippen molar-refractivity contribution in [1.29, 1.82) is 0 Å². The van der Waals surface area contributed by atoms with E-state index in [1.807, 2.05) is 13.8 Å². The number of nitrogens with one attached hydrogen (secondary N) is 2. The summed E-state index contributed by atoms with van der Waals surface area (Å²) in [5.74, 6) is 0.650. The first kappa shape index (κ1) is 14.5. The molecular weight excluding hydrogens is 278 g/mol. The Morgan fingerprint density at radius 2 is 2.00 bits per heavy atom. The van der Waals surface area contributed by atoms with Crippen LogP contribution in [0.15, 0.2) is 35.4 Å². The molecular formula is C13H17N3O3S. The van der Waals surface area contributed by atoms with E-state index in [0.29, 0.717) is 12.4 Å². The van der Waals surface area contributed by atoms with Crippen molar-refractivity contribution in [3.8, 4) is 5.75 Å². The lowest BCUT2D eigenvalue weighted by molar-refractivity contribution is 0.340. The van der Waals surface area contributed by atoms with Gasteiger partial charge in [0, 0.05) is 17.8 Å². The molecule has 0 saturated carbocycles. The van der Waals surface area contributed by atoms with Crippen molar-refractivity contribution >= 4 is 10.0 Å². The number of H-pyrrole nitrogens is 1. The van der Waals surface area contributed by atoms with Crippen molar-refractivity contribution in [3.63, 3.8) is 0 Å². The van der Waals surface area contributed by atoms with Gasteiger partial charge in [-0.2, -0.15) is 5.10 Å². The molecule has 0 atom stereocenters. The predicted molar refractivity (Wildman–Crippen MR) is 75.0 cm³/mol. The smallest absolute Gasteiger partial charge is 0.240 e. The van der Waals surface area contributed by atoms with E-state index < -0.39 is 10.0 Å². The highest BCUT2D eigenvalue weighted by molar-refractivity contribution is 7.89. The monoisotopic (exact) mass is 295 g/mol. The van der Waals surface area contributed by atoms with E-state index in [0.717, 1.165) is 11.3 Å². The number of sulfonamides is 1. The third-order valence-electron chi connectivity index (χ3n) is 2.83. The van der Waals surface area contributed by atoms with Crippen LogP contribution < -0.4 is 9.46 Å². The number of hydrogen-bond acceptors (Lipinski definition) is 4. The minimum atomic E-state index is -3.53. The topological polar surface area (TPSA) is 84.1 Å². The summed E-state index contributed by atoms with van der Waals surface area (Å²) in [6, 6.07) is 6.33. The number of ether oxygens (including phenoxy) is 1. The molecule has 2 N–H and O–H groups in total. The number of aromatic nitrogens is 2. The van der Waals surface area contributed by atoms with Gasteiger partial charge in [-0.1, -0.05) is 0 Å². The molecule has 0 bridgehead atoms. The van der Waals surface area contributed by atoms with Crippen LogP contribution in [0.4, 0.5) is 0 Å². The van der Waals surface area contributed by atoms with E-state index in [1.54, 1.807) is 18.3 Å². The number of aryl methyl sites for hydroxylation is 1. The summed E-state index contributed by atoms with van der Waals surface area (Å²) in [5.41, 5.74) is 1.67. The van der Waals surface area contributed by atoms with Gasteiger partial charge < -0.3 is 4.74 Å². The van der Waals surface area contributed by atoms with Gasteiger partial charge >= 0.3 is 0 Å². The largest absolute Gasteiger partial charge is 0.494 e. The van der Waals surface area contributed by atoms with E-state index in [1.165, 1.54) is 12.1 Å². The number of benzene rings is 1. The highest BCUT2D eigenvalue weighted by atomic mass is 32.2. The summed E-state index contributed by atoms with van der Waals surface area (Å²) in [7, 11) is -3.53. The summed E-state index contributed by atoms with van der Waals surface area (Å²) in [6.45, 7) is 4.47. The molecule has 1 aromatic carbocycles. The Morgan fingerprint density at radius 3 is 2.55 bits per heavy atom. The molecule has 1 aromatic heterocycles. The summed E-state index contributed by atoms with van der Waals surface area (Å²) in [4.78, 5) is 0.210. The Labute approximate surface area is 118 Å². The van der Waals surface area contributed by atoms with Crippen molar-refractivity contribution in [2.75, 3.05) is 6.61 Å². The fourth-order valence-corrected chi connectivity index (χ4v) is 2.70. The number of aromatic amines is 1. The first-order chi connectivity index (χ1) is 9.53. The van der Waals surface area contributed by atoms with Gasteiger partial charge in [0.15, 0.2) is 0 Å². The third kappa shape index (κ3) is 3.37. The second kappa shape index (κ2) is 6.06. The minimum absolute atomic E-state index is 0.206. The van der Waals surface area contributed by atoms with Crippen LogP contribution in [0.2, 0.25) is 0 Å². The summed E-state index contributed by atoms with van der Waals surface area (Å²) in [6.07, 6.45) is 1.61. The molecule has 0 unspecified atom stereocenters. The fraction of sp³-hybridized carbons (Fsp3) is 0.308. The van der Waals surface area contributed by atoms with Crippen molar-refractivity contribution in [3.05, 3.63) is 41.7 Å². The summed E-state index contributed by atoms with van der Waals surface area (Å²) < 4.78 is 32.1. The predicted octanol–water partition coefficient (Wildman–Crippen LogP) is 1.60. The molecule has 0 aliphatic rings. The lowest BCUT2D eigenvalue weighted by Gasteiger charge is -2.07. The van der Waals surface area contributed by atoms with Gasteiger partial charge in [0.2, 0.25) is 10.0 Å². The maximum Gasteiger partial charge on any atom is 0.240 e. The molecule has 20 heavy (non-hydrogen) atoms. The van der Waals surface area contributed by atoms with Gasteiger partial charge in [-0.05, 0) is 38.1 Å². The Morgan fingerprint density at radius 1 is 1.30 bits per heavy atom. The van der Waals surface area contributed by atoms with Crippen molar-refractivity contribution in [2.45, 2.75) is 25.3 Å². The van der Waals surface area contributed by atoms with Crippen molar-refractivity contribution < 1.29 is 13.2 Å². The molecule has 2 rings (SSSR count). The molecule has 7 heteroatoms. The molecule has 0 aliphatic carbocycles. The quantitative estimate of drug-likeness (QED) is 0.847. The van der Waals surface area contributed by atoms with Crippen LogP contribution >= 0.6 is 0 Å². The van der Waals surface area contributed by atoms with Crippen molar-refractivity contribution in [1.82, 2.24) is 14.9 Å². The van der Waals surface area contributed by atoms with Gasteiger partial charge in [0.25, 0.3) is 0 Å². The van der Waals surface area contributed by atoms with Crippen LogP contribution in [-0.2, 0) is 16.6 Å². The molecule has 0 spiro atoms.